The second kappa shape index (κ2) is 5.49. The maximum Gasteiger partial charge on any atom is 0.161 e. The van der Waals surface area contributed by atoms with Crippen LogP contribution < -0.4 is 15.2 Å². The monoisotopic (exact) mass is 293 g/mol. The van der Waals surface area contributed by atoms with Gasteiger partial charge in [0.15, 0.2) is 11.5 Å². The third-order valence-electron chi connectivity index (χ3n) is 4.58. The van der Waals surface area contributed by atoms with Crippen molar-refractivity contribution in [2.24, 2.45) is 5.73 Å². The maximum atomic E-state index is 6.15. The van der Waals surface area contributed by atoms with Gasteiger partial charge in [-0.3, -0.25) is 0 Å². The smallest absolute Gasteiger partial charge is 0.161 e. The standard InChI is InChI=1S/C16H23NO2S/c1-11(17)16(6-7-16)12-3-4-14(15(9-12)18-2)19-13-5-8-20-10-13/h3-4,9,11,13H,5-8,10,17H2,1-2H3. The summed E-state index contributed by atoms with van der Waals surface area (Å²) >= 11 is 1.95. The fraction of sp³-hybridized carbons (Fsp3) is 0.625. The molecule has 2 atom stereocenters. The molecule has 20 heavy (non-hydrogen) atoms. The van der Waals surface area contributed by atoms with Gasteiger partial charge in [-0.1, -0.05) is 6.07 Å². The van der Waals surface area contributed by atoms with Crippen LogP contribution in [-0.4, -0.2) is 30.8 Å². The van der Waals surface area contributed by atoms with Gasteiger partial charge in [0.1, 0.15) is 6.10 Å². The summed E-state index contributed by atoms with van der Waals surface area (Å²) in [5.41, 5.74) is 7.60. The SMILES string of the molecule is COc1cc(C2(C(C)N)CC2)ccc1OC1CCSC1. The second-order valence-electron chi connectivity index (χ2n) is 5.91. The number of benzene rings is 1. The van der Waals surface area contributed by atoms with E-state index in [1.54, 1.807) is 7.11 Å². The molecule has 0 spiro atoms. The Hall–Kier alpha value is -0.870. The van der Waals surface area contributed by atoms with Crippen molar-refractivity contribution in [2.45, 2.75) is 43.7 Å². The predicted octanol–water partition coefficient (Wildman–Crippen LogP) is 2.96. The van der Waals surface area contributed by atoms with Gasteiger partial charge in [-0.05, 0) is 49.6 Å². The van der Waals surface area contributed by atoms with Crippen LogP contribution in [0.5, 0.6) is 11.5 Å². The zero-order valence-corrected chi connectivity index (χ0v) is 13.0. The highest BCUT2D eigenvalue weighted by atomic mass is 32.2. The minimum Gasteiger partial charge on any atom is -0.493 e. The van der Waals surface area contributed by atoms with E-state index in [4.69, 9.17) is 15.2 Å². The van der Waals surface area contributed by atoms with Crippen molar-refractivity contribution in [3.8, 4) is 11.5 Å². The summed E-state index contributed by atoms with van der Waals surface area (Å²) in [5, 5.41) is 0. The molecule has 4 heteroatoms. The van der Waals surface area contributed by atoms with E-state index in [0.29, 0.717) is 6.10 Å². The minimum atomic E-state index is 0.162. The largest absolute Gasteiger partial charge is 0.493 e. The number of methoxy groups -OCH3 is 1. The van der Waals surface area contributed by atoms with Gasteiger partial charge in [-0.15, -0.1) is 0 Å². The molecule has 2 unspecified atom stereocenters. The van der Waals surface area contributed by atoms with Crippen LogP contribution >= 0.6 is 11.8 Å². The molecule has 0 bridgehead atoms. The van der Waals surface area contributed by atoms with E-state index in [2.05, 4.69) is 25.1 Å². The highest BCUT2D eigenvalue weighted by Gasteiger charge is 2.47. The van der Waals surface area contributed by atoms with E-state index in [1.807, 2.05) is 11.8 Å². The highest BCUT2D eigenvalue weighted by Crippen LogP contribution is 2.51. The molecular weight excluding hydrogens is 270 g/mol. The molecule has 2 N–H and O–H groups in total. The Balaban J connectivity index is 1.82. The van der Waals surface area contributed by atoms with Crippen LogP contribution in [0.3, 0.4) is 0 Å². The average Bonchev–Trinajstić information content (AvgIpc) is 3.12. The van der Waals surface area contributed by atoms with E-state index in [0.717, 1.165) is 23.7 Å². The van der Waals surface area contributed by atoms with Crippen LogP contribution in [0.2, 0.25) is 0 Å². The predicted molar refractivity (Wildman–Crippen MR) is 83.9 cm³/mol. The summed E-state index contributed by atoms with van der Waals surface area (Å²) in [6.07, 6.45) is 3.79. The second-order valence-corrected chi connectivity index (χ2v) is 7.06. The summed E-state index contributed by atoms with van der Waals surface area (Å²) in [6, 6.07) is 6.52. The lowest BCUT2D eigenvalue weighted by Gasteiger charge is -2.22. The third-order valence-corrected chi connectivity index (χ3v) is 5.71. The molecule has 110 valence electrons. The molecular formula is C16H23NO2S. The molecule has 0 radical (unpaired) electrons. The number of thioether (sulfide) groups is 1. The van der Waals surface area contributed by atoms with Gasteiger partial charge < -0.3 is 15.2 Å². The molecule has 1 saturated heterocycles. The molecule has 1 aromatic carbocycles. The fourth-order valence-corrected chi connectivity index (χ4v) is 4.10. The minimum absolute atomic E-state index is 0.162. The van der Waals surface area contributed by atoms with Gasteiger partial charge in [0.25, 0.3) is 0 Å². The third kappa shape index (κ3) is 2.51. The van der Waals surface area contributed by atoms with Crippen LogP contribution in [0.15, 0.2) is 18.2 Å². The van der Waals surface area contributed by atoms with Crippen molar-refractivity contribution in [1.29, 1.82) is 0 Å². The lowest BCUT2D eigenvalue weighted by molar-refractivity contribution is 0.218. The van der Waals surface area contributed by atoms with Crippen molar-refractivity contribution in [1.82, 2.24) is 0 Å². The molecule has 1 heterocycles. The van der Waals surface area contributed by atoms with E-state index in [1.165, 1.54) is 24.2 Å². The number of ether oxygens (including phenoxy) is 2. The van der Waals surface area contributed by atoms with Gasteiger partial charge in [-0.25, -0.2) is 0 Å². The molecule has 3 nitrogen and oxygen atoms in total. The maximum absolute atomic E-state index is 6.15. The molecule has 1 aliphatic carbocycles. The Kier molecular flexibility index (Phi) is 3.87. The Morgan fingerprint density at radius 2 is 2.15 bits per heavy atom. The average molecular weight is 293 g/mol. The first-order valence-electron chi connectivity index (χ1n) is 7.34. The van der Waals surface area contributed by atoms with E-state index >= 15 is 0 Å². The van der Waals surface area contributed by atoms with Crippen molar-refractivity contribution in [2.75, 3.05) is 18.6 Å². The first-order valence-corrected chi connectivity index (χ1v) is 8.50. The van der Waals surface area contributed by atoms with Crippen molar-refractivity contribution in [3.05, 3.63) is 23.8 Å². The molecule has 2 aliphatic rings. The number of hydrogen-bond donors (Lipinski definition) is 1. The first-order chi connectivity index (χ1) is 9.65. The van der Waals surface area contributed by atoms with Gasteiger partial charge in [0, 0.05) is 17.2 Å². The first kappa shape index (κ1) is 14.1. The highest BCUT2D eigenvalue weighted by molar-refractivity contribution is 7.99. The summed E-state index contributed by atoms with van der Waals surface area (Å²) in [7, 11) is 1.71. The lowest BCUT2D eigenvalue weighted by Crippen LogP contribution is -2.31. The van der Waals surface area contributed by atoms with Crippen molar-refractivity contribution in [3.63, 3.8) is 0 Å². The summed E-state index contributed by atoms with van der Waals surface area (Å²) in [5.74, 6) is 3.98. The van der Waals surface area contributed by atoms with Gasteiger partial charge >= 0.3 is 0 Å². The normalized spacial score (nSPS) is 25.2. The van der Waals surface area contributed by atoms with Crippen LogP contribution in [0.25, 0.3) is 0 Å². The van der Waals surface area contributed by atoms with E-state index in [9.17, 15) is 0 Å². The molecule has 3 rings (SSSR count). The Morgan fingerprint density at radius 1 is 1.35 bits per heavy atom. The van der Waals surface area contributed by atoms with E-state index < -0.39 is 0 Å². The summed E-state index contributed by atoms with van der Waals surface area (Å²) < 4.78 is 11.6. The number of hydrogen-bond acceptors (Lipinski definition) is 4. The quantitative estimate of drug-likeness (QED) is 0.906. The Bertz CT molecular complexity index is 479. The lowest BCUT2D eigenvalue weighted by atomic mass is 9.89. The number of nitrogens with two attached hydrogens (primary N) is 1. The Labute approximate surface area is 125 Å². The van der Waals surface area contributed by atoms with Crippen LogP contribution in [0, 0.1) is 0 Å². The topological polar surface area (TPSA) is 44.5 Å². The molecule has 0 aromatic heterocycles. The van der Waals surface area contributed by atoms with Crippen LogP contribution in [-0.2, 0) is 5.41 Å². The van der Waals surface area contributed by atoms with E-state index in [-0.39, 0.29) is 11.5 Å². The number of rotatable bonds is 5. The van der Waals surface area contributed by atoms with Crippen LogP contribution in [0.4, 0.5) is 0 Å². The molecule has 0 amide bonds. The van der Waals surface area contributed by atoms with Crippen LogP contribution in [0.1, 0.15) is 31.7 Å². The molecule has 1 aromatic rings. The fourth-order valence-electron chi connectivity index (χ4n) is 3.00. The molecule has 1 aliphatic heterocycles. The van der Waals surface area contributed by atoms with Crippen molar-refractivity contribution < 1.29 is 9.47 Å². The summed E-state index contributed by atoms with van der Waals surface area (Å²) in [6.45, 7) is 2.10. The van der Waals surface area contributed by atoms with Gasteiger partial charge in [0.2, 0.25) is 0 Å². The zero-order valence-electron chi connectivity index (χ0n) is 12.2. The van der Waals surface area contributed by atoms with Gasteiger partial charge in [-0.2, -0.15) is 11.8 Å². The summed E-state index contributed by atoms with van der Waals surface area (Å²) in [4.78, 5) is 0. The zero-order chi connectivity index (χ0) is 14.2. The molecule has 1 saturated carbocycles. The Morgan fingerprint density at radius 3 is 2.70 bits per heavy atom. The van der Waals surface area contributed by atoms with Gasteiger partial charge in [0.05, 0.1) is 7.11 Å². The van der Waals surface area contributed by atoms with Crippen molar-refractivity contribution >= 4 is 11.8 Å². The molecule has 2 fully saturated rings.